The topological polar surface area (TPSA) is 109 Å². The van der Waals surface area contributed by atoms with Gasteiger partial charge in [-0.1, -0.05) is 52.5 Å². The number of carbonyl (C=O) groups excluding carboxylic acids is 1. The van der Waals surface area contributed by atoms with Crippen LogP contribution in [0.5, 0.6) is 0 Å². The summed E-state index contributed by atoms with van der Waals surface area (Å²) >= 11 is 0. The van der Waals surface area contributed by atoms with E-state index in [-0.39, 0.29) is 11.4 Å². The third-order valence-corrected chi connectivity index (χ3v) is 4.97. The maximum absolute atomic E-state index is 12.5. The predicted molar refractivity (Wildman–Crippen MR) is 141 cm³/mol. The average molecular weight is 475 g/mol. The van der Waals surface area contributed by atoms with Crippen LogP contribution in [0.1, 0.15) is 51.4 Å². The van der Waals surface area contributed by atoms with Crippen LogP contribution in [0, 0.1) is 11.8 Å². The molecule has 1 aromatic carbocycles. The fraction of sp³-hybridized carbons (Fsp3) is 0.385. The zero-order valence-corrected chi connectivity index (χ0v) is 21.2. The van der Waals surface area contributed by atoms with Crippen LogP contribution in [0.3, 0.4) is 0 Å². The summed E-state index contributed by atoms with van der Waals surface area (Å²) < 4.78 is 1.66. The van der Waals surface area contributed by atoms with Gasteiger partial charge in [0, 0.05) is 61.3 Å². The lowest BCUT2D eigenvalue weighted by Crippen LogP contribution is -2.28. The van der Waals surface area contributed by atoms with E-state index >= 15 is 0 Å². The Kier molecular flexibility index (Phi) is 8.44. The number of rotatable bonds is 7. The number of amides is 2. The number of anilines is 3. The Morgan fingerprint density at radius 1 is 1.03 bits per heavy atom. The summed E-state index contributed by atoms with van der Waals surface area (Å²) in [6, 6.07) is 9.33. The molecule has 2 aromatic heterocycles. The van der Waals surface area contributed by atoms with Gasteiger partial charge in [0.2, 0.25) is 5.95 Å². The molecule has 0 atom stereocenters. The van der Waals surface area contributed by atoms with Crippen molar-refractivity contribution < 1.29 is 4.79 Å². The first-order chi connectivity index (χ1) is 16.6. The minimum Gasteiger partial charge on any atom is -0.353 e. The number of aromatic nitrogens is 4. The summed E-state index contributed by atoms with van der Waals surface area (Å²) in [4.78, 5) is 21.1. The van der Waals surface area contributed by atoms with Gasteiger partial charge in [0.05, 0.1) is 11.3 Å². The molecule has 184 valence electrons. The summed E-state index contributed by atoms with van der Waals surface area (Å²) in [5, 5.41) is 16.7. The maximum atomic E-state index is 12.5. The molecule has 0 radical (unpaired) electrons. The molecule has 0 saturated carbocycles. The van der Waals surface area contributed by atoms with Crippen molar-refractivity contribution in [2.24, 2.45) is 7.05 Å². The smallest absolute Gasteiger partial charge is 0.324 e. The highest BCUT2D eigenvalue weighted by molar-refractivity contribution is 5.99. The molecule has 9 heteroatoms. The number of hydrogen-bond acceptors (Lipinski definition) is 6. The zero-order chi connectivity index (χ0) is 25.4. The lowest BCUT2D eigenvalue weighted by molar-refractivity contribution is 0.262. The van der Waals surface area contributed by atoms with Crippen molar-refractivity contribution in [2.75, 3.05) is 29.0 Å². The number of nitrogens with one attached hydrogen (secondary N) is 4. The SMILES string of the molecule is CC(C)NCCNc1ncc(C#Cc2cccc(NC(=O)Nc3cc(C(C)(C)C)nn3C)c2)cn1. The second kappa shape index (κ2) is 11.5. The van der Waals surface area contributed by atoms with Crippen LogP contribution in [0.25, 0.3) is 0 Å². The molecule has 3 aromatic rings. The van der Waals surface area contributed by atoms with Crippen molar-refractivity contribution in [3.63, 3.8) is 0 Å². The van der Waals surface area contributed by atoms with Crippen molar-refractivity contribution in [1.29, 1.82) is 0 Å². The fourth-order valence-corrected chi connectivity index (χ4v) is 3.07. The van der Waals surface area contributed by atoms with Crippen molar-refractivity contribution >= 4 is 23.5 Å². The van der Waals surface area contributed by atoms with E-state index in [1.165, 1.54) is 0 Å². The molecule has 0 unspecified atom stereocenters. The first-order valence-electron chi connectivity index (χ1n) is 11.6. The van der Waals surface area contributed by atoms with E-state index in [1.807, 2.05) is 30.3 Å². The Bertz CT molecular complexity index is 1200. The molecule has 0 saturated heterocycles. The molecule has 0 bridgehead atoms. The van der Waals surface area contributed by atoms with Gasteiger partial charge in [-0.05, 0) is 18.2 Å². The number of benzene rings is 1. The van der Waals surface area contributed by atoms with Crippen LogP contribution in [0.4, 0.5) is 22.2 Å². The third-order valence-electron chi connectivity index (χ3n) is 4.97. The Morgan fingerprint density at radius 3 is 2.40 bits per heavy atom. The Balaban J connectivity index is 1.57. The van der Waals surface area contributed by atoms with E-state index in [1.54, 1.807) is 24.1 Å². The van der Waals surface area contributed by atoms with E-state index in [0.717, 1.165) is 24.3 Å². The summed E-state index contributed by atoms with van der Waals surface area (Å²) in [5.74, 6) is 7.34. The molecule has 3 rings (SSSR count). The van der Waals surface area contributed by atoms with Gasteiger partial charge < -0.3 is 16.0 Å². The lowest BCUT2D eigenvalue weighted by atomic mass is 9.92. The Morgan fingerprint density at radius 2 is 1.74 bits per heavy atom. The van der Waals surface area contributed by atoms with Gasteiger partial charge in [-0.3, -0.25) is 10.00 Å². The first-order valence-corrected chi connectivity index (χ1v) is 11.6. The molecular weight excluding hydrogens is 440 g/mol. The minimum absolute atomic E-state index is 0.103. The number of nitrogens with zero attached hydrogens (tertiary/aromatic N) is 4. The van der Waals surface area contributed by atoms with Gasteiger partial charge in [0.25, 0.3) is 0 Å². The van der Waals surface area contributed by atoms with E-state index in [9.17, 15) is 4.79 Å². The lowest BCUT2D eigenvalue weighted by Gasteiger charge is -2.13. The normalized spacial score (nSPS) is 11.1. The van der Waals surface area contributed by atoms with Crippen LogP contribution in [0.15, 0.2) is 42.7 Å². The highest BCUT2D eigenvalue weighted by atomic mass is 16.2. The van der Waals surface area contributed by atoms with Gasteiger partial charge >= 0.3 is 6.03 Å². The van der Waals surface area contributed by atoms with E-state index in [0.29, 0.717) is 29.1 Å². The Labute approximate surface area is 207 Å². The first kappa shape index (κ1) is 25.7. The van der Waals surface area contributed by atoms with Crippen LogP contribution < -0.4 is 21.3 Å². The van der Waals surface area contributed by atoms with Crippen LogP contribution in [-0.2, 0) is 12.5 Å². The molecule has 0 aliphatic carbocycles. The van der Waals surface area contributed by atoms with E-state index in [4.69, 9.17) is 0 Å². The maximum Gasteiger partial charge on any atom is 0.324 e. The second-order valence-corrected chi connectivity index (χ2v) is 9.53. The third kappa shape index (κ3) is 8.12. The highest BCUT2D eigenvalue weighted by Gasteiger charge is 2.19. The van der Waals surface area contributed by atoms with Crippen LogP contribution in [-0.4, -0.2) is 44.9 Å². The molecule has 9 nitrogen and oxygen atoms in total. The molecule has 0 spiro atoms. The van der Waals surface area contributed by atoms with Gasteiger partial charge in [0.15, 0.2) is 0 Å². The highest BCUT2D eigenvalue weighted by Crippen LogP contribution is 2.23. The summed E-state index contributed by atoms with van der Waals surface area (Å²) in [7, 11) is 1.80. The fourth-order valence-electron chi connectivity index (χ4n) is 3.07. The average Bonchev–Trinajstić information content (AvgIpc) is 3.17. The predicted octanol–water partition coefficient (Wildman–Crippen LogP) is 3.96. The van der Waals surface area contributed by atoms with E-state index in [2.05, 4.69) is 82.8 Å². The zero-order valence-electron chi connectivity index (χ0n) is 21.2. The largest absolute Gasteiger partial charge is 0.353 e. The number of carbonyl (C=O) groups is 1. The van der Waals surface area contributed by atoms with Crippen LogP contribution >= 0.6 is 0 Å². The molecule has 2 heterocycles. The minimum atomic E-state index is -0.348. The van der Waals surface area contributed by atoms with Gasteiger partial charge in [-0.25, -0.2) is 14.8 Å². The molecule has 35 heavy (non-hydrogen) atoms. The van der Waals surface area contributed by atoms with Crippen molar-refractivity contribution in [3.8, 4) is 11.8 Å². The Hall–Kier alpha value is -3.90. The van der Waals surface area contributed by atoms with Crippen LogP contribution in [0.2, 0.25) is 0 Å². The summed E-state index contributed by atoms with van der Waals surface area (Å²) in [6.45, 7) is 12.0. The molecule has 4 N–H and O–H groups in total. The molecule has 0 fully saturated rings. The summed E-state index contributed by atoms with van der Waals surface area (Å²) in [5.41, 5.74) is 2.91. The van der Waals surface area contributed by atoms with Crippen molar-refractivity contribution in [1.82, 2.24) is 25.1 Å². The van der Waals surface area contributed by atoms with Gasteiger partial charge in [0.1, 0.15) is 5.82 Å². The monoisotopic (exact) mass is 474 g/mol. The van der Waals surface area contributed by atoms with Crippen molar-refractivity contribution in [2.45, 2.75) is 46.1 Å². The second-order valence-electron chi connectivity index (χ2n) is 9.53. The quantitative estimate of drug-likeness (QED) is 0.305. The number of urea groups is 1. The van der Waals surface area contributed by atoms with E-state index < -0.39 is 0 Å². The molecule has 2 amide bonds. The van der Waals surface area contributed by atoms with Gasteiger partial charge in [-0.15, -0.1) is 0 Å². The summed E-state index contributed by atoms with van der Waals surface area (Å²) in [6.07, 6.45) is 3.38. The molecule has 0 aliphatic rings. The molecular formula is C26H34N8O. The molecule has 0 aliphatic heterocycles. The number of hydrogen-bond donors (Lipinski definition) is 4. The number of aryl methyl sites for hydroxylation is 1. The standard InChI is InChI=1S/C26H34N8O/c1-18(2)27-12-13-28-24-29-16-20(17-30-24)11-10-19-8-7-9-21(14-19)31-25(35)32-23-15-22(26(3,4)5)33-34(23)6/h7-9,14-18,27H,12-13H2,1-6H3,(H,28,29,30)(H2,31,32,35). The van der Waals surface area contributed by atoms with Gasteiger partial charge in [-0.2, -0.15) is 5.10 Å². The van der Waals surface area contributed by atoms with Crippen molar-refractivity contribution in [3.05, 3.63) is 59.5 Å².